The first kappa shape index (κ1) is 23.6. The third kappa shape index (κ3) is 6.00. The van der Waals surface area contributed by atoms with Crippen LogP contribution >= 0.6 is 0 Å². The van der Waals surface area contributed by atoms with E-state index in [-0.39, 0.29) is 11.8 Å². The van der Waals surface area contributed by atoms with E-state index >= 15 is 0 Å². The van der Waals surface area contributed by atoms with E-state index in [4.69, 9.17) is 4.74 Å². The minimum Gasteiger partial charge on any atom is -0.481 e. The Bertz CT molecular complexity index is 1070. The van der Waals surface area contributed by atoms with Crippen molar-refractivity contribution in [3.05, 3.63) is 59.7 Å². The van der Waals surface area contributed by atoms with Gasteiger partial charge >= 0.3 is 0 Å². The fourth-order valence-corrected chi connectivity index (χ4v) is 3.98. The van der Waals surface area contributed by atoms with Crippen molar-refractivity contribution >= 4 is 27.5 Å². The zero-order chi connectivity index (χ0) is 23.3. The third-order valence-corrected chi connectivity index (χ3v) is 6.69. The molecule has 1 heterocycles. The number of hydrogen-bond donors (Lipinski definition) is 1. The lowest BCUT2D eigenvalue weighted by molar-refractivity contribution is -0.128. The number of nitrogens with zero attached hydrogens (tertiary/aromatic N) is 2. The molecule has 3 rings (SSSR count). The Balaban J connectivity index is 1.56. The molecule has 0 spiro atoms. The molecular weight excluding hydrogens is 430 g/mol. The van der Waals surface area contributed by atoms with Crippen molar-refractivity contribution < 1.29 is 22.7 Å². The summed E-state index contributed by atoms with van der Waals surface area (Å²) in [6, 6.07) is 14.3. The predicted octanol–water partition coefficient (Wildman–Crippen LogP) is 2.29. The maximum Gasteiger partial charge on any atom is 0.261 e. The maximum absolute atomic E-state index is 12.5. The molecule has 0 bridgehead atoms. The Morgan fingerprint density at radius 2 is 1.81 bits per heavy atom. The van der Waals surface area contributed by atoms with Gasteiger partial charge in [0, 0.05) is 33.1 Å². The number of carbonyl (C=O) groups excluding carboxylic acids is 2. The number of nitrogens with one attached hydrogen (secondary N) is 1. The molecule has 1 aliphatic heterocycles. The number of amides is 2. The van der Waals surface area contributed by atoms with Gasteiger partial charge in [0.1, 0.15) is 5.75 Å². The van der Waals surface area contributed by atoms with Crippen LogP contribution in [0.25, 0.3) is 0 Å². The van der Waals surface area contributed by atoms with Crippen LogP contribution in [0, 0.1) is 0 Å². The predicted molar refractivity (Wildman–Crippen MR) is 123 cm³/mol. The number of ether oxygens (including phenoxy) is 1. The van der Waals surface area contributed by atoms with Gasteiger partial charge in [-0.15, -0.1) is 0 Å². The lowest BCUT2D eigenvalue weighted by atomic mass is 10.1. The fourth-order valence-electron chi connectivity index (χ4n) is 3.47. The molecule has 0 saturated carbocycles. The summed E-state index contributed by atoms with van der Waals surface area (Å²) in [6.45, 7) is 3.30. The molecule has 0 aliphatic carbocycles. The molecule has 1 N–H and O–H groups in total. The fraction of sp³-hybridized carbons (Fsp3) is 0.391. The van der Waals surface area contributed by atoms with Crippen LogP contribution in [0.2, 0.25) is 0 Å². The average Bonchev–Trinajstić information content (AvgIpc) is 3.16. The average molecular weight is 460 g/mol. The highest BCUT2D eigenvalue weighted by molar-refractivity contribution is 7.92. The molecule has 9 heteroatoms. The van der Waals surface area contributed by atoms with Crippen LogP contribution in [-0.2, 0) is 32.7 Å². The second-order valence-electron chi connectivity index (χ2n) is 7.89. The number of sulfonamides is 1. The van der Waals surface area contributed by atoms with E-state index < -0.39 is 16.1 Å². The summed E-state index contributed by atoms with van der Waals surface area (Å²) in [5, 5.41) is 2.89. The maximum atomic E-state index is 12.5. The van der Waals surface area contributed by atoms with E-state index in [1.54, 1.807) is 31.2 Å². The second kappa shape index (κ2) is 10.0. The summed E-state index contributed by atoms with van der Waals surface area (Å²) in [7, 11) is -1.88. The van der Waals surface area contributed by atoms with Crippen LogP contribution in [0.3, 0.4) is 0 Å². The topological polar surface area (TPSA) is 96.0 Å². The van der Waals surface area contributed by atoms with Gasteiger partial charge in [0.2, 0.25) is 15.9 Å². The van der Waals surface area contributed by atoms with Gasteiger partial charge in [-0.05, 0) is 48.7 Å². The van der Waals surface area contributed by atoms with Crippen molar-refractivity contribution in [2.45, 2.75) is 39.0 Å². The first-order valence-electron chi connectivity index (χ1n) is 10.5. The Kier molecular flexibility index (Phi) is 7.40. The van der Waals surface area contributed by atoms with Gasteiger partial charge in [-0.2, -0.15) is 0 Å². The zero-order valence-electron chi connectivity index (χ0n) is 18.6. The summed E-state index contributed by atoms with van der Waals surface area (Å²) < 4.78 is 30.1. The highest BCUT2D eigenvalue weighted by Crippen LogP contribution is 2.21. The Morgan fingerprint density at radius 1 is 1.16 bits per heavy atom. The number of likely N-dealkylation sites (tertiary alicyclic amines) is 1. The first-order chi connectivity index (χ1) is 15.1. The summed E-state index contributed by atoms with van der Waals surface area (Å²) >= 11 is 0. The monoisotopic (exact) mass is 459 g/mol. The molecule has 32 heavy (non-hydrogen) atoms. The normalized spacial score (nSPS) is 14.8. The largest absolute Gasteiger partial charge is 0.481 e. The van der Waals surface area contributed by atoms with Gasteiger partial charge in [0.15, 0.2) is 6.10 Å². The van der Waals surface area contributed by atoms with Crippen molar-refractivity contribution in [3.8, 4) is 5.75 Å². The highest BCUT2D eigenvalue weighted by Gasteiger charge is 2.21. The number of benzene rings is 2. The van der Waals surface area contributed by atoms with Crippen LogP contribution in [0.5, 0.6) is 5.75 Å². The van der Waals surface area contributed by atoms with Gasteiger partial charge in [0.05, 0.1) is 11.9 Å². The lowest BCUT2D eigenvalue weighted by Gasteiger charge is -2.20. The number of carbonyl (C=O) groups is 2. The van der Waals surface area contributed by atoms with Gasteiger partial charge < -0.3 is 15.0 Å². The minimum atomic E-state index is -3.35. The molecule has 1 aliphatic rings. The molecule has 0 radical (unpaired) electrons. The summed E-state index contributed by atoms with van der Waals surface area (Å²) in [5.74, 6) is 0.361. The van der Waals surface area contributed by atoms with Crippen LogP contribution < -0.4 is 14.4 Å². The first-order valence-corrected chi connectivity index (χ1v) is 12.3. The van der Waals surface area contributed by atoms with Crippen molar-refractivity contribution in [2.24, 2.45) is 0 Å². The Hall–Kier alpha value is -3.07. The van der Waals surface area contributed by atoms with Gasteiger partial charge in [-0.1, -0.05) is 24.3 Å². The molecule has 8 nitrogen and oxygen atoms in total. The summed E-state index contributed by atoms with van der Waals surface area (Å²) in [4.78, 5) is 26.3. The van der Waals surface area contributed by atoms with Crippen molar-refractivity contribution in [1.82, 2.24) is 10.2 Å². The number of rotatable bonds is 9. The standard InChI is InChI=1S/C23H29N3O5S/c1-17(31-21-12-10-20(11-13-21)25(2)32(3,29)30)23(28)24-15-18-7-4-5-8-19(18)16-26-14-6-9-22(26)27/h4-5,7-8,10-13,17H,6,9,14-16H2,1-3H3,(H,24,28)/t17-/m0/s1. The molecule has 1 fully saturated rings. The third-order valence-electron chi connectivity index (χ3n) is 5.48. The highest BCUT2D eigenvalue weighted by atomic mass is 32.2. The molecule has 2 aromatic carbocycles. The van der Waals surface area contributed by atoms with Gasteiger partial charge in [0.25, 0.3) is 5.91 Å². The van der Waals surface area contributed by atoms with Crippen LogP contribution in [0.4, 0.5) is 5.69 Å². The Labute approximate surface area is 189 Å². The van der Waals surface area contributed by atoms with E-state index in [1.807, 2.05) is 29.2 Å². The van der Waals surface area contributed by atoms with E-state index in [2.05, 4.69) is 5.32 Å². The quantitative estimate of drug-likeness (QED) is 0.621. The van der Waals surface area contributed by atoms with Crippen molar-refractivity contribution in [3.63, 3.8) is 0 Å². The van der Waals surface area contributed by atoms with E-state index in [1.165, 1.54) is 11.4 Å². The Morgan fingerprint density at radius 3 is 2.41 bits per heavy atom. The summed E-state index contributed by atoms with van der Waals surface area (Å²) in [6.07, 6.45) is 1.88. The molecular formula is C23H29N3O5S. The lowest BCUT2D eigenvalue weighted by Crippen LogP contribution is -2.36. The van der Waals surface area contributed by atoms with Crippen LogP contribution in [0.1, 0.15) is 30.9 Å². The number of hydrogen-bond acceptors (Lipinski definition) is 5. The van der Waals surface area contributed by atoms with Crippen molar-refractivity contribution in [2.75, 3.05) is 24.2 Å². The smallest absolute Gasteiger partial charge is 0.261 e. The minimum absolute atomic E-state index is 0.166. The molecule has 0 unspecified atom stereocenters. The van der Waals surface area contributed by atoms with E-state index in [0.717, 1.165) is 30.3 Å². The molecule has 2 aromatic rings. The van der Waals surface area contributed by atoms with E-state index in [0.29, 0.717) is 30.9 Å². The van der Waals surface area contributed by atoms with Gasteiger partial charge in [-0.25, -0.2) is 8.42 Å². The summed E-state index contributed by atoms with van der Waals surface area (Å²) in [5.41, 5.74) is 2.48. The van der Waals surface area contributed by atoms with Gasteiger partial charge in [-0.3, -0.25) is 13.9 Å². The molecule has 172 valence electrons. The van der Waals surface area contributed by atoms with Crippen LogP contribution in [0.15, 0.2) is 48.5 Å². The molecule has 0 aromatic heterocycles. The number of anilines is 1. The molecule has 2 amide bonds. The molecule has 1 saturated heterocycles. The van der Waals surface area contributed by atoms with Crippen LogP contribution in [-0.4, -0.2) is 51.1 Å². The molecule has 1 atom stereocenters. The SMILES string of the molecule is C[C@H](Oc1ccc(N(C)S(C)(=O)=O)cc1)C(=O)NCc1ccccc1CN1CCCC1=O. The zero-order valence-corrected chi connectivity index (χ0v) is 19.4. The second-order valence-corrected chi connectivity index (χ2v) is 9.90. The van der Waals surface area contributed by atoms with Crippen molar-refractivity contribution in [1.29, 1.82) is 0 Å². The van der Waals surface area contributed by atoms with E-state index in [9.17, 15) is 18.0 Å².